The van der Waals surface area contributed by atoms with Gasteiger partial charge in [-0.15, -0.1) is 0 Å². The maximum absolute atomic E-state index is 12.1. The van der Waals surface area contributed by atoms with E-state index in [1.165, 1.54) is 32.3 Å². The molecule has 0 aliphatic rings. The Labute approximate surface area is 138 Å². The van der Waals surface area contributed by atoms with Crippen molar-refractivity contribution in [2.45, 2.75) is 20.8 Å². The molecule has 0 saturated carbocycles. The minimum absolute atomic E-state index is 0.0819. The van der Waals surface area contributed by atoms with E-state index in [2.05, 4.69) is 5.32 Å². The van der Waals surface area contributed by atoms with Crippen LogP contribution in [0.4, 0.5) is 5.88 Å². The lowest BCUT2D eigenvalue weighted by Gasteiger charge is -2.04. The minimum Gasteiger partial charge on any atom is -0.465 e. The number of hydrogen-bond acceptors (Lipinski definition) is 6. The number of Topliss-reactive ketones (excluding diaryl/α,β-unsaturated/α-hetero) is 1. The highest BCUT2D eigenvalue weighted by Gasteiger charge is 2.28. The summed E-state index contributed by atoms with van der Waals surface area (Å²) in [4.78, 5) is 35.9. The molecule has 2 aromatic heterocycles. The predicted octanol–water partition coefficient (Wildman–Crippen LogP) is 3.21. The molecule has 0 saturated heterocycles. The lowest BCUT2D eigenvalue weighted by Crippen LogP contribution is -2.14. The molecule has 0 aliphatic heterocycles. The zero-order valence-electron chi connectivity index (χ0n) is 13.5. The molecule has 7 nitrogen and oxygen atoms in total. The smallest absolute Gasteiger partial charge is 0.344 e. The summed E-state index contributed by atoms with van der Waals surface area (Å²) in [7, 11) is 0. The Morgan fingerprint density at radius 1 is 1.29 bits per heavy atom. The summed E-state index contributed by atoms with van der Waals surface area (Å²) in [5.41, 5.74) is 0.0142. The van der Waals surface area contributed by atoms with Gasteiger partial charge in [0.15, 0.2) is 5.78 Å². The van der Waals surface area contributed by atoms with Crippen LogP contribution in [0.2, 0.25) is 0 Å². The third kappa shape index (κ3) is 3.81. The highest BCUT2D eigenvalue weighted by atomic mass is 16.5. The van der Waals surface area contributed by atoms with E-state index in [1.54, 1.807) is 19.1 Å². The molecular formula is C17H17NO6. The Hall–Kier alpha value is -3.09. The Morgan fingerprint density at radius 2 is 2.04 bits per heavy atom. The largest absolute Gasteiger partial charge is 0.465 e. The van der Waals surface area contributed by atoms with Crippen LogP contribution in [-0.2, 0) is 9.53 Å². The molecule has 2 heterocycles. The van der Waals surface area contributed by atoms with Crippen molar-refractivity contribution in [3.05, 3.63) is 47.1 Å². The van der Waals surface area contributed by atoms with Crippen molar-refractivity contribution in [1.29, 1.82) is 0 Å². The fourth-order valence-corrected chi connectivity index (χ4v) is 2.15. The number of anilines is 1. The summed E-state index contributed by atoms with van der Waals surface area (Å²) < 4.78 is 15.4. The number of furan rings is 2. The number of carbonyl (C=O) groups excluding carboxylic acids is 3. The summed E-state index contributed by atoms with van der Waals surface area (Å²) in [5, 5.41) is 2.44. The molecular weight excluding hydrogens is 314 g/mol. The van der Waals surface area contributed by atoms with Gasteiger partial charge in [-0.2, -0.15) is 0 Å². The summed E-state index contributed by atoms with van der Waals surface area (Å²) in [6.45, 7) is 4.62. The van der Waals surface area contributed by atoms with E-state index in [0.717, 1.165) is 0 Å². The first-order chi connectivity index (χ1) is 11.4. The van der Waals surface area contributed by atoms with Gasteiger partial charge in [-0.1, -0.05) is 0 Å². The number of aryl methyl sites for hydroxylation is 1. The number of ether oxygens (including phenoxy) is 1. The Balaban J connectivity index is 2.29. The second kappa shape index (κ2) is 7.45. The fourth-order valence-electron chi connectivity index (χ4n) is 2.15. The molecule has 24 heavy (non-hydrogen) atoms. The predicted molar refractivity (Wildman–Crippen MR) is 85.8 cm³/mol. The van der Waals surface area contributed by atoms with Crippen LogP contribution in [0, 0.1) is 6.92 Å². The van der Waals surface area contributed by atoms with Crippen molar-refractivity contribution in [2.24, 2.45) is 0 Å². The number of esters is 1. The average molecular weight is 331 g/mol. The van der Waals surface area contributed by atoms with E-state index < -0.39 is 11.9 Å². The van der Waals surface area contributed by atoms with E-state index in [-0.39, 0.29) is 35.2 Å². The maximum atomic E-state index is 12.1. The van der Waals surface area contributed by atoms with E-state index in [0.29, 0.717) is 5.76 Å². The van der Waals surface area contributed by atoms with Crippen LogP contribution in [0.25, 0.3) is 6.08 Å². The van der Waals surface area contributed by atoms with Crippen molar-refractivity contribution in [3.8, 4) is 0 Å². The number of carbonyl (C=O) groups is 3. The maximum Gasteiger partial charge on any atom is 0.344 e. The van der Waals surface area contributed by atoms with Gasteiger partial charge in [0.25, 0.3) is 5.91 Å². The van der Waals surface area contributed by atoms with Gasteiger partial charge in [0.2, 0.25) is 5.88 Å². The van der Waals surface area contributed by atoms with Gasteiger partial charge >= 0.3 is 5.97 Å². The number of rotatable bonds is 6. The fraction of sp³-hybridized carbons (Fsp3) is 0.235. The Morgan fingerprint density at radius 3 is 2.62 bits per heavy atom. The van der Waals surface area contributed by atoms with Crippen LogP contribution < -0.4 is 5.32 Å². The molecule has 7 heteroatoms. The van der Waals surface area contributed by atoms with Gasteiger partial charge < -0.3 is 13.6 Å². The summed E-state index contributed by atoms with van der Waals surface area (Å²) >= 11 is 0. The second-order valence-corrected chi connectivity index (χ2v) is 4.85. The summed E-state index contributed by atoms with van der Waals surface area (Å²) in [6.07, 6.45) is 4.16. The Kier molecular flexibility index (Phi) is 5.36. The lowest BCUT2D eigenvalue weighted by atomic mass is 10.1. The average Bonchev–Trinajstić information content (AvgIpc) is 3.12. The minimum atomic E-state index is -0.732. The van der Waals surface area contributed by atoms with Gasteiger partial charge in [0, 0.05) is 6.08 Å². The zero-order chi connectivity index (χ0) is 17.7. The molecule has 2 rings (SSSR count). The normalized spacial score (nSPS) is 10.8. The summed E-state index contributed by atoms with van der Waals surface area (Å²) in [5.74, 6) is -1.02. The van der Waals surface area contributed by atoms with Gasteiger partial charge in [-0.25, -0.2) is 4.79 Å². The first-order valence-electron chi connectivity index (χ1n) is 7.28. The van der Waals surface area contributed by atoms with Crippen LogP contribution >= 0.6 is 0 Å². The molecule has 126 valence electrons. The molecule has 0 unspecified atom stereocenters. The number of nitrogens with one attached hydrogen (secondary N) is 1. The van der Waals surface area contributed by atoms with Crippen LogP contribution in [0.5, 0.6) is 0 Å². The van der Waals surface area contributed by atoms with Crippen LogP contribution in [0.15, 0.2) is 33.3 Å². The van der Waals surface area contributed by atoms with Crippen molar-refractivity contribution in [2.75, 3.05) is 11.9 Å². The lowest BCUT2D eigenvalue weighted by molar-refractivity contribution is -0.111. The molecule has 2 aromatic rings. The first-order valence-corrected chi connectivity index (χ1v) is 7.28. The van der Waals surface area contributed by atoms with Gasteiger partial charge in [-0.3, -0.25) is 14.9 Å². The molecule has 0 spiro atoms. The highest BCUT2D eigenvalue weighted by molar-refractivity contribution is 6.12. The third-order valence-corrected chi connectivity index (χ3v) is 3.09. The third-order valence-electron chi connectivity index (χ3n) is 3.09. The second-order valence-electron chi connectivity index (χ2n) is 4.85. The first kappa shape index (κ1) is 17.3. The summed E-state index contributed by atoms with van der Waals surface area (Å²) in [6, 6.07) is 3.37. The van der Waals surface area contributed by atoms with Crippen LogP contribution in [0.1, 0.15) is 46.1 Å². The Bertz CT molecular complexity index is 782. The van der Waals surface area contributed by atoms with Gasteiger partial charge in [0.1, 0.15) is 17.1 Å². The highest BCUT2D eigenvalue weighted by Crippen LogP contribution is 2.28. The molecule has 1 amide bonds. The van der Waals surface area contributed by atoms with Crippen LogP contribution in [-0.4, -0.2) is 24.3 Å². The number of hydrogen-bond donors (Lipinski definition) is 1. The van der Waals surface area contributed by atoms with Crippen molar-refractivity contribution in [3.63, 3.8) is 0 Å². The van der Waals surface area contributed by atoms with E-state index in [1.807, 2.05) is 0 Å². The molecule has 1 N–H and O–H groups in total. The standard InChI is InChI=1S/C17H17NO6/c1-4-22-17(21)15-14(10(2)19)11(3)24-16(15)18-13(20)8-7-12-6-5-9-23-12/h5-9H,4H2,1-3H3,(H,18,20)/b8-7+. The van der Waals surface area contributed by atoms with Crippen LogP contribution in [0.3, 0.4) is 0 Å². The SMILES string of the molecule is CCOC(=O)c1c(NC(=O)/C=C/c2ccco2)oc(C)c1C(C)=O. The van der Waals surface area contributed by atoms with E-state index in [4.69, 9.17) is 13.6 Å². The van der Waals surface area contributed by atoms with Crippen molar-refractivity contribution >= 4 is 29.6 Å². The molecule has 0 bridgehead atoms. The van der Waals surface area contributed by atoms with E-state index >= 15 is 0 Å². The molecule has 0 aliphatic carbocycles. The van der Waals surface area contributed by atoms with Gasteiger partial charge in [-0.05, 0) is 39.0 Å². The topological polar surface area (TPSA) is 98.8 Å². The van der Waals surface area contributed by atoms with Crippen molar-refractivity contribution < 1.29 is 28.0 Å². The van der Waals surface area contributed by atoms with Crippen molar-refractivity contribution in [1.82, 2.24) is 0 Å². The molecule has 0 aromatic carbocycles. The molecule has 0 fully saturated rings. The van der Waals surface area contributed by atoms with E-state index in [9.17, 15) is 14.4 Å². The number of ketones is 1. The molecule has 0 atom stereocenters. The molecule has 0 radical (unpaired) electrons. The zero-order valence-corrected chi connectivity index (χ0v) is 13.5. The monoisotopic (exact) mass is 331 g/mol. The number of amides is 1. The quantitative estimate of drug-likeness (QED) is 0.496. The van der Waals surface area contributed by atoms with Gasteiger partial charge in [0.05, 0.1) is 18.4 Å².